The van der Waals surface area contributed by atoms with Crippen LogP contribution in [-0.2, 0) is 46.5 Å². The molecule has 6 N–H and O–H groups in total. The number of hydrogen-bond acceptors (Lipinski definition) is 8. The molecule has 13 heteroatoms. The third-order valence-corrected chi connectivity index (χ3v) is 8.17. The maximum atomic E-state index is 13.8. The van der Waals surface area contributed by atoms with Crippen molar-refractivity contribution in [2.24, 2.45) is 5.73 Å². The number of rotatable bonds is 12. The highest BCUT2D eigenvalue weighted by Crippen LogP contribution is 2.31. The van der Waals surface area contributed by atoms with Crippen LogP contribution < -0.4 is 21.7 Å². The topological polar surface area (TPSA) is 205 Å². The lowest BCUT2D eigenvalue weighted by Crippen LogP contribution is -2.58. The van der Waals surface area contributed by atoms with E-state index in [0.717, 1.165) is 30.4 Å². The fourth-order valence-corrected chi connectivity index (χ4v) is 5.84. The molecule has 2 aromatic carbocycles. The van der Waals surface area contributed by atoms with Crippen LogP contribution in [0.4, 0.5) is 0 Å². The first-order valence-electron chi connectivity index (χ1n) is 15.4. The second-order valence-corrected chi connectivity index (χ2v) is 11.4. The number of aromatic hydroxyl groups is 1. The number of benzene rings is 2. The first kappa shape index (κ1) is 35.4. The summed E-state index contributed by atoms with van der Waals surface area (Å²) in [5.74, 6) is -1.88. The van der Waals surface area contributed by atoms with Gasteiger partial charge in [0.1, 0.15) is 23.9 Å². The van der Waals surface area contributed by atoms with Gasteiger partial charge in [0.15, 0.2) is 0 Å². The summed E-state index contributed by atoms with van der Waals surface area (Å²) in [5, 5.41) is 17.9. The normalized spacial score (nSPS) is 19.5. The van der Waals surface area contributed by atoms with Gasteiger partial charge < -0.3 is 31.7 Å². The molecule has 2 aromatic rings. The van der Waals surface area contributed by atoms with Crippen molar-refractivity contribution < 1.29 is 38.7 Å². The smallest absolute Gasteiger partial charge is 0.373 e. The van der Waals surface area contributed by atoms with Crippen molar-refractivity contribution in [3.63, 3.8) is 0 Å². The Hall–Kier alpha value is -5.03. The molecule has 46 heavy (non-hydrogen) atoms. The van der Waals surface area contributed by atoms with Gasteiger partial charge in [-0.25, -0.2) is 0 Å². The lowest BCUT2D eigenvalue weighted by molar-refractivity contribution is -0.191. The third kappa shape index (κ3) is 10.8. The van der Waals surface area contributed by atoms with Crippen LogP contribution in [-0.4, -0.2) is 69.9 Å². The Morgan fingerprint density at radius 1 is 0.913 bits per heavy atom. The van der Waals surface area contributed by atoms with Crippen LogP contribution in [0, 0.1) is 0 Å². The minimum absolute atomic E-state index is 0.0332. The predicted molar refractivity (Wildman–Crippen MR) is 164 cm³/mol. The second-order valence-electron chi connectivity index (χ2n) is 11.4. The summed E-state index contributed by atoms with van der Waals surface area (Å²) in [6.07, 6.45) is 4.83. The van der Waals surface area contributed by atoms with Crippen molar-refractivity contribution in [2.45, 2.75) is 94.9 Å². The zero-order chi connectivity index (χ0) is 33.5. The molecule has 0 saturated carbocycles. The van der Waals surface area contributed by atoms with Crippen molar-refractivity contribution in [1.29, 1.82) is 0 Å². The van der Waals surface area contributed by atoms with Gasteiger partial charge >= 0.3 is 6.15 Å². The minimum atomic E-state index is -0.997. The Kier molecular flexibility index (Phi) is 13.9. The molecule has 2 saturated heterocycles. The number of nitrogens with two attached hydrogens (primary N) is 1. The zero-order valence-electron chi connectivity index (χ0n) is 25.6. The van der Waals surface area contributed by atoms with E-state index in [2.05, 4.69) is 16.0 Å². The lowest BCUT2D eigenvalue weighted by atomic mass is 9.98. The second kappa shape index (κ2) is 18.1. The Morgan fingerprint density at radius 2 is 1.59 bits per heavy atom. The molecule has 0 radical (unpaired) electrons. The van der Waals surface area contributed by atoms with E-state index in [1.165, 1.54) is 0 Å². The molecular formula is C33H41N5O8. The Labute approximate surface area is 267 Å². The van der Waals surface area contributed by atoms with E-state index in [0.29, 0.717) is 25.7 Å². The molecule has 0 aliphatic carbocycles. The number of hydrogen-bond donors (Lipinski definition) is 5. The number of amides is 5. The maximum Gasteiger partial charge on any atom is 0.373 e. The number of carbonyl (C=O) groups excluding carboxylic acids is 7. The summed E-state index contributed by atoms with van der Waals surface area (Å²) in [7, 11) is 0. The van der Waals surface area contributed by atoms with E-state index in [1.807, 2.05) is 30.3 Å². The molecule has 2 aliphatic heterocycles. The van der Waals surface area contributed by atoms with Gasteiger partial charge in [-0.2, -0.15) is 9.59 Å². The Balaban J connectivity index is 0.00000185. The van der Waals surface area contributed by atoms with Crippen molar-refractivity contribution in [3.05, 3.63) is 65.7 Å². The van der Waals surface area contributed by atoms with Gasteiger partial charge in [-0.15, -0.1) is 0 Å². The molecule has 4 rings (SSSR count). The number of phenols is 1. The summed E-state index contributed by atoms with van der Waals surface area (Å²) in [6, 6.07) is 13.3. The van der Waals surface area contributed by atoms with E-state index in [1.54, 1.807) is 29.2 Å². The Bertz CT molecular complexity index is 1380. The molecule has 5 amide bonds. The largest absolute Gasteiger partial charge is 0.508 e. The standard InChI is InChI=1S/C32H41N5O6.CO2/c33-28(39)18-16-25(30(41)34-20-22-6-2-1-3-7-22)36-31(42)27-17-13-23-8-4-5-9-26(32(43)37(23)27)35-29(40)19-12-21-10-14-24(38)15-11-21;2-1-3/h1-3,6-7,10-11,14-15,23,25-27,38H,4-5,8-9,12-13,16-20H2,(H2,33,39)(H,34,41)(H,35,40)(H,36,42);/t23-,25-,26-,27-;/m0./s1. The van der Waals surface area contributed by atoms with Crippen molar-refractivity contribution in [2.75, 3.05) is 0 Å². The number of fused-ring (bicyclic) bond motifs is 1. The molecule has 13 nitrogen and oxygen atoms in total. The number of nitrogens with one attached hydrogen (secondary N) is 3. The van der Waals surface area contributed by atoms with E-state index >= 15 is 0 Å². The van der Waals surface area contributed by atoms with Gasteiger partial charge in [-0.3, -0.25) is 24.0 Å². The molecule has 2 fully saturated rings. The highest BCUT2D eigenvalue weighted by Gasteiger charge is 2.44. The van der Waals surface area contributed by atoms with Crippen molar-refractivity contribution in [1.82, 2.24) is 20.9 Å². The van der Waals surface area contributed by atoms with Gasteiger partial charge in [-0.05, 0) is 61.8 Å². The predicted octanol–water partition coefficient (Wildman–Crippen LogP) is 1.23. The molecular weight excluding hydrogens is 594 g/mol. The minimum Gasteiger partial charge on any atom is -0.508 e. The molecule has 0 unspecified atom stereocenters. The number of aryl methyl sites for hydroxylation is 1. The van der Waals surface area contributed by atoms with Crippen LogP contribution in [0.15, 0.2) is 54.6 Å². The molecule has 2 heterocycles. The van der Waals surface area contributed by atoms with Gasteiger partial charge in [0.2, 0.25) is 29.5 Å². The average molecular weight is 636 g/mol. The highest BCUT2D eigenvalue weighted by molar-refractivity contribution is 5.95. The van der Waals surface area contributed by atoms with Crippen LogP contribution in [0.3, 0.4) is 0 Å². The first-order chi connectivity index (χ1) is 22.1. The average Bonchev–Trinajstić information content (AvgIpc) is 3.46. The van der Waals surface area contributed by atoms with Crippen LogP contribution >= 0.6 is 0 Å². The number of carbonyl (C=O) groups is 5. The molecule has 0 bridgehead atoms. The van der Waals surface area contributed by atoms with Crippen LogP contribution in [0.5, 0.6) is 5.75 Å². The lowest BCUT2D eigenvalue weighted by Gasteiger charge is -2.35. The third-order valence-electron chi connectivity index (χ3n) is 8.17. The molecule has 246 valence electrons. The fourth-order valence-electron chi connectivity index (χ4n) is 5.84. The van der Waals surface area contributed by atoms with Crippen LogP contribution in [0.25, 0.3) is 0 Å². The SMILES string of the molecule is NC(=O)CC[C@H](NC(=O)[C@@H]1CC[C@@H]2CCCC[C@H](NC(=O)CCc3ccc(O)cc3)C(=O)N21)C(=O)NCc1ccccc1.O=C=O. The number of nitrogens with zero attached hydrogens (tertiary/aromatic N) is 1. The van der Waals surface area contributed by atoms with E-state index < -0.39 is 35.8 Å². The van der Waals surface area contributed by atoms with E-state index in [9.17, 15) is 29.1 Å². The van der Waals surface area contributed by atoms with Crippen LogP contribution in [0.2, 0.25) is 0 Å². The quantitative estimate of drug-likeness (QED) is 0.229. The fraction of sp³-hybridized carbons (Fsp3) is 0.455. The molecule has 4 atom stereocenters. The Morgan fingerprint density at radius 3 is 2.26 bits per heavy atom. The van der Waals surface area contributed by atoms with Crippen molar-refractivity contribution >= 4 is 35.7 Å². The zero-order valence-corrected chi connectivity index (χ0v) is 25.6. The van der Waals surface area contributed by atoms with Gasteiger partial charge in [-0.1, -0.05) is 55.3 Å². The summed E-state index contributed by atoms with van der Waals surface area (Å²) in [4.78, 5) is 82.6. The van der Waals surface area contributed by atoms with Crippen molar-refractivity contribution in [3.8, 4) is 5.75 Å². The summed E-state index contributed by atoms with van der Waals surface area (Å²) >= 11 is 0. The van der Waals surface area contributed by atoms with Gasteiger partial charge in [0.25, 0.3) is 0 Å². The number of primary amides is 1. The van der Waals surface area contributed by atoms with E-state index in [4.69, 9.17) is 15.3 Å². The summed E-state index contributed by atoms with van der Waals surface area (Å²) < 4.78 is 0. The highest BCUT2D eigenvalue weighted by atomic mass is 16.3. The maximum absolute atomic E-state index is 13.8. The number of phenolic OH excluding ortho intramolecular Hbond substituents is 1. The van der Waals surface area contributed by atoms with E-state index in [-0.39, 0.29) is 55.6 Å². The first-order valence-corrected chi connectivity index (χ1v) is 15.4. The molecule has 2 aliphatic rings. The molecule has 0 spiro atoms. The summed E-state index contributed by atoms with van der Waals surface area (Å²) in [5.41, 5.74) is 7.11. The van der Waals surface area contributed by atoms with Gasteiger partial charge in [0, 0.05) is 25.4 Å². The summed E-state index contributed by atoms with van der Waals surface area (Å²) in [6.45, 7) is 0.257. The van der Waals surface area contributed by atoms with Crippen LogP contribution in [0.1, 0.15) is 68.9 Å². The molecule has 0 aromatic heterocycles. The van der Waals surface area contributed by atoms with Gasteiger partial charge in [0.05, 0.1) is 0 Å². The monoisotopic (exact) mass is 635 g/mol.